The molecule has 6 nitrogen and oxygen atoms in total. The maximum absolute atomic E-state index is 12.5. The molecule has 0 saturated heterocycles. The summed E-state index contributed by atoms with van der Waals surface area (Å²) >= 11 is 0. The van der Waals surface area contributed by atoms with E-state index in [2.05, 4.69) is 10.3 Å². The summed E-state index contributed by atoms with van der Waals surface area (Å²) in [6, 6.07) is 5.21. The van der Waals surface area contributed by atoms with Gasteiger partial charge in [-0.25, -0.2) is 4.98 Å². The average molecular weight is 315 g/mol. The first-order valence-electron chi connectivity index (χ1n) is 7.98. The van der Waals surface area contributed by atoms with Crippen LogP contribution in [0.4, 0.5) is 0 Å². The Kier molecular flexibility index (Phi) is 4.43. The molecular weight excluding hydrogens is 294 g/mol. The third-order valence-electron chi connectivity index (χ3n) is 4.45. The number of nitrogens with zero attached hydrogens (tertiary/aromatic N) is 2. The zero-order valence-corrected chi connectivity index (χ0v) is 13.2. The fraction of sp³-hybridized carbons (Fsp3) is 0.471. The van der Waals surface area contributed by atoms with Crippen LogP contribution in [-0.2, 0) is 11.3 Å². The number of carbonyl (C=O) groups excluding carboxylic acids is 1. The number of aliphatic hydroxyl groups is 1. The van der Waals surface area contributed by atoms with Crippen LogP contribution in [0.25, 0.3) is 10.9 Å². The second kappa shape index (κ2) is 6.50. The summed E-state index contributed by atoms with van der Waals surface area (Å²) in [7, 11) is 0. The summed E-state index contributed by atoms with van der Waals surface area (Å²) in [4.78, 5) is 28.9. The van der Waals surface area contributed by atoms with E-state index in [0.29, 0.717) is 17.3 Å². The third-order valence-corrected chi connectivity index (χ3v) is 4.45. The largest absolute Gasteiger partial charge is 0.391 e. The molecule has 0 bridgehead atoms. The van der Waals surface area contributed by atoms with Crippen molar-refractivity contribution in [3.8, 4) is 0 Å². The lowest BCUT2D eigenvalue weighted by molar-refractivity contribution is -0.123. The third kappa shape index (κ3) is 3.27. The number of rotatable bonds is 3. The monoisotopic (exact) mass is 315 g/mol. The molecule has 3 rings (SSSR count). The molecule has 1 aliphatic rings. The van der Waals surface area contributed by atoms with Crippen LogP contribution in [-0.4, -0.2) is 32.7 Å². The van der Waals surface area contributed by atoms with E-state index in [9.17, 15) is 14.7 Å². The molecule has 1 aromatic heterocycles. The van der Waals surface area contributed by atoms with Crippen LogP contribution in [0.5, 0.6) is 0 Å². The van der Waals surface area contributed by atoms with Gasteiger partial charge in [0.25, 0.3) is 5.56 Å². The van der Waals surface area contributed by atoms with Crippen molar-refractivity contribution in [1.82, 2.24) is 14.9 Å². The molecule has 2 N–H and O–H groups in total. The highest BCUT2D eigenvalue weighted by molar-refractivity contribution is 5.81. The van der Waals surface area contributed by atoms with Crippen LogP contribution in [0.2, 0.25) is 0 Å². The average Bonchev–Trinajstić information content (AvgIpc) is 2.53. The number of para-hydroxylation sites is 1. The molecule has 6 heteroatoms. The molecule has 1 aromatic carbocycles. The maximum atomic E-state index is 12.5. The lowest BCUT2D eigenvalue weighted by Gasteiger charge is -2.28. The molecule has 2 unspecified atom stereocenters. The molecule has 2 atom stereocenters. The van der Waals surface area contributed by atoms with Crippen LogP contribution in [0.15, 0.2) is 29.3 Å². The van der Waals surface area contributed by atoms with Crippen molar-refractivity contribution in [2.45, 2.75) is 51.3 Å². The minimum atomic E-state index is -0.498. The summed E-state index contributed by atoms with van der Waals surface area (Å²) in [6.07, 6.45) is 4.38. The van der Waals surface area contributed by atoms with Gasteiger partial charge in [0.15, 0.2) is 0 Å². The molecule has 1 heterocycles. The molecule has 2 aromatic rings. The van der Waals surface area contributed by atoms with Crippen molar-refractivity contribution in [1.29, 1.82) is 0 Å². The van der Waals surface area contributed by atoms with Crippen molar-refractivity contribution in [3.63, 3.8) is 0 Å². The van der Waals surface area contributed by atoms with Gasteiger partial charge in [-0.05, 0) is 31.4 Å². The fourth-order valence-corrected chi connectivity index (χ4v) is 3.14. The first-order valence-corrected chi connectivity index (χ1v) is 7.98. The van der Waals surface area contributed by atoms with Gasteiger partial charge in [-0.2, -0.15) is 0 Å². The second-order valence-corrected chi connectivity index (χ2v) is 6.17. The number of aromatic nitrogens is 2. The van der Waals surface area contributed by atoms with Crippen LogP contribution in [0.3, 0.4) is 0 Å². The van der Waals surface area contributed by atoms with E-state index in [1.165, 1.54) is 10.9 Å². The molecule has 1 saturated carbocycles. The number of aliphatic hydroxyl groups excluding tert-OH is 1. The number of benzene rings is 1. The zero-order valence-electron chi connectivity index (χ0n) is 13.2. The number of carbonyl (C=O) groups is 1. The van der Waals surface area contributed by atoms with E-state index in [1.807, 2.05) is 19.1 Å². The Morgan fingerprint density at radius 3 is 2.96 bits per heavy atom. The van der Waals surface area contributed by atoms with Gasteiger partial charge < -0.3 is 10.4 Å². The Bertz CT molecular complexity index is 784. The number of fused-ring (bicyclic) bond motifs is 1. The normalized spacial score (nSPS) is 21.3. The molecule has 122 valence electrons. The van der Waals surface area contributed by atoms with Gasteiger partial charge in [0.2, 0.25) is 5.91 Å². The lowest BCUT2D eigenvalue weighted by Crippen LogP contribution is -2.46. The number of hydrogen-bond donors (Lipinski definition) is 2. The van der Waals surface area contributed by atoms with E-state index in [4.69, 9.17) is 0 Å². The molecule has 23 heavy (non-hydrogen) atoms. The topological polar surface area (TPSA) is 84.2 Å². The molecule has 0 radical (unpaired) electrons. The summed E-state index contributed by atoms with van der Waals surface area (Å²) in [5.41, 5.74) is 1.37. The van der Waals surface area contributed by atoms with E-state index < -0.39 is 6.10 Å². The summed E-state index contributed by atoms with van der Waals surface area (Å²) < 4.78 is 1.31. The number of hydrogen-bond acceptors (Lipinski definition) is 4. The van der Waals surface area contributed by atoms with Crippen LogP contribution >= 0.6 is 0 Å². The Balaban J connectivity index is 1.77. The van der Waals surface area contributed by atoms with Gasteiger partial charge in [0.1, 0.15) is 6.54 Å². The van der Waals surface area contributed by atoms with Crippen molar-refractivity contribution in [2.24, 2.45) is 0 Å². The predicted molar refractivity (Wildman–Crippen MR) is 87.1 cm³/mol. The second-order valence-electron chi connectivity index (χ2n) is 6.17. The minimum absolute atomic E-state index is 0.0844. The summed E-state index contributed by atoms with van der Waals surface area (Å²) in [5.74, 6) is -0.271. The maximum Gasteiger partial charge on any atom is 0.261 e. The Labute approximate surface area is 134 Å². The molecule has 0 spiro atoms. The van der Waals surface area contributed by atoms with Crippen molar-refractivity contribution in [2.75, 3.05) is 0 Å². The smallest absolute Gasteiger partial charge is 0.261 e. The molecule has 1 aliphatic carbocycles. The molecular formula is C17H21N3O3. The van der Waals surface area contributed by atoms with Gasteiger partial charge in [-0.15, -0.1) is 0 Å². The van der Waals surface area contributed by atoms with Crippen molar-refractivity contribution < 1.29 is 9.90 Å². The lowest BCUT2D eigenvalue weighted by atomic mass is 9.92. The van der Waals surface area contributed by atoms with Gasteiger partial charge in [0, 0.05) is 0 Å². The molecule has 1 fully saturated rings. The van der Waals surface area contributed by atoms with Crippen LogP contribution < -0.4 is 10.9 Å². The van der Waals surface area contributed by atoms with E-state index in [0.717, 1.165) is 24.8 Å². The Morgan fingerprint density at radius 1 is 1.39 bits per heavy atom. The SMILES string of the molecule is Cc1cccc2c(=O)n(CC(=O)NC3CCCCC3O)cnc12. The minimum Gasteiger partial charge on any atom is -0.391 e. The highest BCUT2D eigenvalue weighted by atomic mass is 16.3. The van der Waals surface area contributed by atoms with Crippen LogP contribution in [0, 0.1) is 6.92 Å². The summed E-state index contributed by atoms with van der Waals surface area (Å²) in [6.45, 7) is 1.81. The van der Waals surface area contributed by atoms with Gasteiger partial charge >= 0.3 is 0 Å². The van der Waals surface area contributed by atoms with Gasteiger partial charge in [-0.3, -0.25) is 14.2 Å². The number of nitrogens with one attached hydrogen (secondary N) is 1. The Hall–Kier alpha value is -2.21. The first-order chi connectivity index (χ1) is 11.1. The fourth-order valence-electron chi connectivity index (χ4n) is 3.14. The summed E-state index contributed by atoms with van der Waals surface area (Å²) in [5, 5.41) is 13.3. The molecule has 1 amide bonds. The quantitative estimate of drug-likeness (QED) is 0.889. The van der Waals surface area contributed by atoms with Crippen molar-refractivity contribution in [3.05, 3.63) is 40.4 Å². The number of amides is 1. The Morgan fingerprint density at radius 2 is 2.17 bits per heavy atom. The first kappa shape index (κ1) is 15.7. The van der Waals surface area contributed by atoms with E-state index in [1.54, 1.807) is 6.07 Å². The highest BCUT2D eigenvalue weighted by Crippen LogP contribution is 2.18. The van der Waals surface area contributed by atoms with Crippen LogP contribution in [0.1, 0.15) is 31.2 Å². The van der Waals surface area contributed by atoms with E-state index >= 15 is 0 Å². The van der Waals surface area contributed by atoms with Crippen molar-refractivity contribution >= 4 is 16.8 Å². The van der Waals surface area contributed by atoms with Gasteiger partial charge in [0.05, 0.1) is 29.4 Å². The standard InChI is InChI=1S/C17H21N3O3/c1-11-5-4-6-12-16(11)18-10-20(17(12)23)9-15(22)19-13-7-2-3-8-14(13)21/h4-6,10,13-14,21H,2-3,7-9H2,1H3,(H,19,22). The van der Waals surface area contributed by atoms with Gasteiger partial charge in [-0.1, -0.05) is 25.0 Å². The molecule has 0 aliphatic heterocycles. The number of aryl methyl sites for hydroxylation is 1. The highest BCUT2D eigenvalue weighted by Gasteiger charge is 2.24. The van der Waals surface area contributed by atoms with E-state index in [-0.39, 0.29) is 24.1 Å². The zero-order chi connectivity index (χ0) is 16.4. The predicted octanol–water partition coefficient (Wildman–Crippen LogP) is 1.12.